The highest BCUT2D eigenvalue weighted by atomic mass is 19.1. The first kappa shape index (κ1) is 20.4. The van der Waals surface area contributed by atoms with Gasteiger partial charge in [0.1, 0.15) is 18.2 Å². The maximum atomic E-state index is 13.6. The van der Waals surface area contributed by atoms with E-state index in [0.717, 1.165) is 23.4 Å². The van der Waals surface area contributed by atoms with E-state index < -0.39 is 11.6 Å². The summed E-state index contributed by atoms with van der Waals surface area (Å²) in [7, 11) is 0. The molecule has 0 aliphatic heterocycles. The Balaban J connectivity index is 1.38. The van der Waals surface area contributed by atoms with E-state index in [1.54, 1.807) is 6.07 Å². The molecule has 1 N–H and O–H groups in total. The van der Waals surface area contributed by atoms with Crippen molar-refractivity contribution in [1.82, 2.24) is 9.88 Å². The molecule has 1 amide bonds. The van der Waals surface area contributed by atoms with Gasteiger partial charge in [0.05, 0.1) is 6.04 Å². The third kappa shape index (κ3) is 4.83. The van der Waals surface area contributed by atoms with Crippen LogP contribution in [0.5, 0.6) is 5.75 Å². The van der Waals surface area contributed by atoms with Gasteiger partial charge in [-0.25, -0.2) is 8.78 Å². The average Bonchev–Trinajstić information content (AvgIpc) is 3.46. The van der Waals surface area contributed by atoms with E-state index in [0.29, 0.717) is 5.76 Å². The predicted molar refractivity (Wildman–Crippen MR) is 111 cm³/mol. The van der Waals surface area contributed by atoms with Crippen LogP contribution in [0.15, 0.2) is 83.5 Å². The summed E-state index contributed by atoms with van der Waals surface area (Å²) >= 11 is 0. The van der Waals surface area contributed by atoms with Gasteiger partial charge in [0.2, 0.25) is 0 Å². The highest BCUT2D eigenvalue weighted by molar-refractivity contribution is 5.91. The van der Waals surface area contributed by atoms with E-state index in [4.69, 9.17) is 9.15 Å². The Bertz CT molecular complexity index is 1190. The fraction of sp³-hybridized carbons (Fsp3) is 0.125. The largest absolute Gasteiger partial charge is 0.483 e. The Morgan fingerprint density at radius 1 is 1.06 bits per heavy atom. The number of carbonyl (C=O) groups excluding carboxylic acids is 1. The van der Waals surface area contributed by atoms with Gasteiger partial charge >= 0.3 is 0 Å². The van der Waals surface area contributed by atoms with Crippen LogP contribution in [0.3, 0.4) is 0 Å². The first-order valence-corrected chi connectivity index (χ1v) is 9.70. The molecule has 2 aromatic heterocycles. The Morgan fingerprint density at radius 2 is 1.87 bits per heavy atom. The quantitative estimate of drug-likeness (QED) is 0.433. The van der Waals surface area contributed by atoms with Crippen molar-refractivity contribution in [3.63, 3.8) is 0 Å². The molecular weight excluding hydrogens is 402 g/mol. The number of benzene rings is 2. The Kier molecular flexibility index (Phi) is 5.84. The van der Waals surface area contributed by atoms with E-state index in [1.807, 2.05) is 60.3 Å². The van der Waals surface area contributed by atoms with Crippen molar-refractivity contribution in [2.45, 2.75) is 19.6 Å². The molecule has 0 aliphatic rings. The van der Waals surface area contributed by atoms with Crippen molar-refractivity contribution in [3.05, 3.63) is 108 Å². The predicted octanol–water partition coefficient (Wildman–Crippen LogP) is 5.42. The van der Waals surface area contributed by atoms with Crippen LogP contribution >= 0.6 is 0 Å². The number of carbonyl (C=O) groups is 1. The molecule has 0 bridgehead atoms. The molecular formula is C24H20F2N2O3. The first-order chi connectivity index (χ1) is 15.0. The van der Waals surface area contributed by atoms with Crippen LogP contribution in [-0.4, -0.2) is 10.5 Å². The van der Waals surface area contributed by atoms with Gasteiger partial charge in [-0.05, 0) is 61.0 Å². The Labute approximate surface area is 177 Å². The van der Waals surface area contributed by atoms with E-state index in [9.17, 15) is 13.6 Å². The summed E-state index contributed by atoms with van der Waals surface area (Å²) < 4.78 is 39.4. The summed E-state index contributed by atoms with van der Waals surface area (Å²) in [6.07, 6.45) is 3.90. The summed E-state index contributed by atoms with van der Waals surface area (Å²) in [5.74, 6) is -1.50. The van der Waals surface area contributed by atoms with Crippen LogP contribution in [0.2, 0.25) is 0 Å². The summed E-state index contributed by atoms with van der Waals surface area (Å²) in [4.78, 5) is 12.6. The average molecular weight is 422 g/mol. The number of furan rings is 1. The lowest BCUT2D eigenvalue weighted by Gasteiger charge is -2.15. The van der Waals surface area contributed by atoms with Crippen molar-refractivity contribution >= 4 is 5.91 Å². The van der Waals surface area contributed by atoms with E-state index in [1.165, 1.54) is 12.1 Å². The first-order valence-electron chi connectivity index (χ1n) is 9.70. The molecule has 1 atom stereocenters. The van der Waals surface area contributed by atoms with E-state index in [-0.39, 0.29) is 30.1 Å². The van der Waals surface area contributed by atoms with Crippen LogP contribution in [0.25, 0.3) is 5.69 Å². The molecule has 0 aliphatic carbocycles. The van der Waals surface area contributed by atoms with Crippen LogP contribution in [0, 0.1) is 11.6 Å². The van der Waals surface area contributed by atoms with E-state index in [2.05, 4.69) is 5.32 Å². The van der Waals surface area contributed by atoms with E-state index >= 15 is 0 Å². The van der Waals surface area contributed by atoms with Crippen LogP contribution < -0.4 is 10.1 Å². The zero-order valence-corrected chi connectivity index (χ0v) is 16.7. The molecule has 0 saturated heterocycles. The highest BCUT2D eigenvalue weighted by Gasteiger charge is 2.16. The lowest BCUT2D eigenvalue weighted by molar-refractivity contribution is 0.0907. The minimum atomic E-state index is -0.805. The van der Waals surface area contributed by atoms with Gasteiger partial charge in [0.15, 0.2) is 17.3 Å². The molecule has 0 radical (unpaired) electrons. The number of ether oxygens (including phenoxy) is 1. The monoisotopic (exact) mass is 422 g/mol. The van der Waals surface area contributed by atoms with Gasteiger partial charge in [-0.15, -0.1) is 0 Å². The third-order valence-electron chi connectivity index (χ3n) is 4.77. The van der Waals surface area contributed by atoms with Gasteiger partial charge in [0, 0.05) is 24.1 Å². The van der Waals surface area contributed by atoms with Crippen LogP contribution in [0.1, 0.15) is 34.8 Å². The number of nitrogens with zero attached hydrogens (tertiary/aromatic N) is 1. The SMILES string of the molecule is CC(NC(=O)c1ccc(COc2ccc(F)cc2F)o1)c1cccc(-n2cccc2)c1. The number of hydrogen-bond acceptors (Lipinski definition) is 3. The second-order valence-electron chi connectivity index (χ2n) is 7.01. The van der Waals surface area contributed by atoms with Gasteiger partial charge in [0.25, 0.3) is 5.91 Å². The number of aromatic nitrogens is 1. The molecule has 0 spiro atoms. The van der Waals surface area contributed by atoms with Crippen molar-refractivity contribution in [3.8, 4) is 11.4 Å². The zero-order chi connectivity index (χ0) is 21.8. The fourth-order valence-corrected chi connectivity index (χ4v) is 3.13. The van der Waals surface area contributed by atoms with Crippen LogP contribution in [-0.2, 0) is 6.61 Å². The molecule has 4 rings (SSSR count). The maximum Gasteiger partial charge on any atom is 0.287 e. The normalized spacial score (nSPS) is 11.8. The van der Waals surface area contributed by atoms with Crippen molar-refractivity contribution in [1.29, 1.82) is 0 Å². The Hall–Kier alpha value is -3.87. The second-order valence-corrected chi connectivity index (χ2v) is 7.01. The molecule has 7 heteroatoms. The second kappa shape index (κ2) is 8.87. The molecule has 0 saturated carbocycles. The fourth-order valence-electron chi connectivity index (χ4n) is 3.13. The van der Waals surface area contributed by atoms with Crippen molar-refractivity contribution < 1.29 is 22.7 Å². The lowest BCUT2D eigenvalue weighted by atomic mass is 10.1. The molecule has 2 heterocycles. The lowest BCUT2D eigenvalue weighted by Crippen LogP contribution is -2.26. The summed E-state index contributed by atoms with van der Waals surface area (Å²) in [6.45, 7) is 1.79. The molecule has 31 heavy (non-hydrogen) atoms. The summed E-state index contributed by atoms with van der Waals surface area (Å²) in [5.41, 5.74) is 1.94. The molecule has 0 fully saturated rings. The number of rotatable bonds is 7. The summed E-state index contributed by atoms with van der Waals surface area (Å²) in [5, 5.41) is 2.90. The van der Waals surface area contributed by atoms with Crippen LogP contribution in [0.4, 0.5) is 8.78 Å². The number of halogens is 2. The topological polar surface area (TPSA) is 56.4 Å². The van der Waals surface area contributed by atoms with Gasteiger partial charge in [-0.2, -0.15) is 0 Å². The maximum absolute atomic E-state index is 13.6. The minimum absolute atomic E-state index is 0.0930. The zero-order valence-electron chi connectivity index (χ0n) is 16.7. The summed E-state index contributed by atoms with van der Waals surface area (Å²) in [6, 6.07) is 17.7. The molecule has 1 unspecified atom stereocenters. The van der Waals surface area contributed by atoms with Gasteiger partial charge in [-0.1, -0.05) is 12.1 Å². The van der Waals surface area contributed by atoms with Gasteiger partial charge in [-0.3, -0.25) is 4.79 Å². The Morgan fingerprint density at radius 3 is 2.65 bits per heavy atom. The van der Waals surface area contributed by atoms with Crippen molar-refractivity contribution in [2.75, 3.05) is 0 Å². The van der Waals surface area contributed by atoms with Gasteiger partial charge < -0.3 is 19.0 Å². The number of amides is 1. The molecule has 158 valence electrons. The standard InChI is InChI=1S/C24H20F2N2O3/c1-16(17-5-4-6-19(13-17)28-11-2-3-12-28)27-24(29)23-10-8-20(31-23)15-30-22-9-7-18(25)14-21(22)26/h2-14,16H,15H2,1H3,(H,27,29). The smallest absolute Gasteiger partial charge is 0.287 e. The highest BCUT2D eigenvalue weighted by Crippen LogP contribution is 2.21. The molecule has 2 aromatic carbocycles. The molecule has 4 aromatic rings. The van der Waals surface area contributed by atoms with Crippen molar-refractivity contribution in [2.24, 2.45) is 0 Å². The molecule has 5 nitrogen and oxygen atoms in total. The minimum Gasteiger partial charge on any atom is -0.483 e. The number of hydrogen-bond donors (Lipinski definition) is 1. The number of nitrogens with one attached hydrogen (secondary N) is 1. The third-order valence-corrected chi connectivity index (χ3v) is 4.77.